The standard InChI is InChI=1S/C10H12N2.C10H8N2.C9H8BrN/c2*1-7-6-12-10-3-2-8(5-11)4-9(7)10;1-6-5-11-9-3-2-7(10)4-8(6)9/h2-4,6,12H,5,11H2,1H3;2-4,6,12H,1H3;2-5,11H,1H3. The van der Waals surface area contributed by atoms with Gasteiger partial charge in [-0.25, -0.2) is 0 Å². The van der Waals surface area contributed by atoms with E-state index in [4.69, 9.17) is 11.0 Å². The molecule has 0 saturated carbocycles. The molecule has 3 aromatic heterocycles. The summed E-state index contributed by atoms with van der Waals surface area (Å²) in [4.78, 5) is 9.52. The predicted octanol–water partition coefficient (Wildman–Crippen LogP) is 7.52. The lowest BCUT2D eigenvalue weighted by Gasteiger charge is -1.96. The average molecular weight is 526 g/mol. The molecule has 6 rings (SSSR count). The van der Waals surface area contributed by atoms with E-state index in [0.29, 0.717) is 12.1 Å². The Kier molecular flexibility index (Phi) is 7.40. The highest BCUT2D eigenvalue weighted by Gasteiger charge is 2.00. The van der Waals surface area contributed by atoms with Gasteiger partial charge in [-0.05, 0) is 91.6 Å². The molecule has 3 aromatic carbocycles. The molecular weight excluding hydrogens is 498 g/mol. The number of benzene rings is 3. The molecule has 176 valence electrons. The maximum atomic E-state index is 8.67. The van der Waals surface area contributed by atoms with Gasteiger partial charge in [0.25, 0.3) is 0 Å². The van der Waals surface area contributed by atoms with Crippen molar-refractivity contribution in [3.8, 4) is 6.07 Å². The van der Waals surface area contributed by atoms with E-state index >= 15 is 0 Å². The molecule has 0 radical (unpaired) electrons. The van der Waals surface area contributed by atoms with Crippen LogP contribution >= 0.6 is 15.9 Å². The molecule has 0 spiro atoms. The first-order chi connectivity index (χ1) is 16.9. The summed E-state index contributed by atoms with van der Waals surface area (Å²) in [7, 11) is 0. The van der Waals surface area contributed by atoms with Crippen LogP contribution in [-0.4, -0.2) is 15.0 Å². The van der Waals surface area contributed by atoms with Crippen LogP contribution in [0.1, 0.15) is 27.8 Å². The summed E-state index contributed by atoms with van der Waals surface area (Å²) in [6.45, 7) is 6.84. The molecule has 0 amide bonds. The fraction of sp³-hybridized carbons (Fsp3) is 0.138. The van der Waals surface area contributed by atoms with Crippen LogP contribution in [-0.2, 0) is 6.54 Å². The van der Waals surface area contributed by atoms with Crippen LogP contribution in [0.5, 0.6) is 0 Å². The largest absolute Gasteiger partial charge is 0.361 e. The SMILES string of the molecule is Cc1c[nH]c2ccc(Br)cc12.Cc1c[nH]c2ccc(C#N)cc12.Cc1c[nH]c2ccc(CN)cc12. The number of nitrogens with two attached hydrogens (primary N) is 1. The smallest absolute Gasteiger partial charge is 0.0991 e. The Bertz CT molecular complexity index is 1640. The van der Waals surface area contributed by atoms with Crippen molar-refractivity contribution in [2.75, 3.05) is 0 Å². The van der Waals surface area contributed by atoms with Gasteiger partial charge in [-0.2, -0.15) is 5.26 Å². The molecule has 35 heavy (non-hydrogen) atoms. The van der Waals surface area contributed by atoms with Crippen molar-refractivity contribution in [2.24, 2.45) is 5.73 Å². The molecule has 5 N–H and O–H groups in total. The summed E-state index contributed by atoms with van der Waals surface area (Å²) in [5, 5.41) is 12.4. The quantitative estimate of drug-likeness (QED) is 0.178. The fourth-order valence-corrected chi connectivity index (χ4v) is 4.36. The van der Waals surface area contributed by atoms with E-state index in [-0.39, 0.29) is 0 Å². The summed E-state index contributed by atoms with van der Waals surface area (Å²) in [5.41, 5.74) is 14.7. The normalized spacial score (nSPS) is 10.5. The molecule has 6 aromatic rings. The van der Waals surface area contributed by atoms with Crippen molar-refractivity contribution >= 4 is 48.6 Å². The first kappa shape index (κ1) is 24.3. The van der Waals surface area contributed by atoms with Gasteiger partial charge in [0.2, 0.25) is 0 Å². The Morgan fingerprint density at radius 2 is 1.20 bits per heavy atom. The van der Waals surface area contributed by atoms with E-state index in [1.54, 1.807) is 0 Å². The van der Waals surface area contributed by atoms with Crippen LogP contribution in [0, 0.1) is 32.1 Å². The highest BCUT2D eigenvalue weighted by atomic mass is 79.9. The predicted molar refractivity (Wildman–Crippen MR) is 149 cm³/mol. The van der Waals surface area contributed by atoms with Crippen molar-refractivity contribution in [3.05, 3.63) is 105 Å². The molecule has 0 saturated heterocycles. The van der Waals surface area contributed by atoms with Gasteiger partial charge in [0.05, 0.1) is 11.6 Å². The monoisotopic (exact) mass is 525 g/mol. The molecule has 0 aliphatic heterocycles. The fourth-order valence-electron chi connectivity index (χ4n) is 4.00. The number of nitrogens with one attached hydrogen (secondary N) is 3. The Hall–Kier alpha value is -3.79. The van der Waals surface area contributed by atoms with E-state index < -0.39 is 0 Å². The average Bonchev–Trinajstić information content (AvgIpc) is 3.56. The Labute approximate surface area is 213 Å². The number of aromatic nitrogens is 3. The minimum absolute atomic E-state index is 0.612. The molecule has 3 heterocycles. The summed E-state index contributed by atoms with van der Waals surface area (Å²) < 4.78 is 1.13. The van der Waals surface area contributed by atoms with Gasteiger partial charge in [-0.15, -0.1) is 0 Å². The van der Waals surface area contributed by atoms with Crippen LogP contribution in [0.4, 0.5) is 0 Å². The molecule has 0 aliphatic carbocycles. The number of aryl methyl sites for hydroxylation is 3. The van der Waals surface area contributed by atoms with E-state index in [0.717, 1.165) is 15.4 Å². The second-order valence-electron chi connectivity index (χ2n) is 8.56. The highest BCUT2D eigenvalue weighted by molar-refractivity contribution is 9.10. The Balaban J connectivity index is 0.000000124. The molecule has 0 fully saturated rings. The second-order valence-corrected chi connectivity index (χ2v) is 9.48. The summed E-state index contributed by atoms with van der Waals surface area (Å²) in [6, 6.07) is 20.3. The molecule has 0 atom stereocenters. The van der Waals surface area contributed by atoms with E-state index in [1.165, 1.54) is 44.1 Å². The summed E-state index contributed by atoms with van der Waals surface area (Å²) in [5.74, 6) is 0. The van der Waals surface area contributed by atoms with Gasteiger partial charge in [-0.1, -0.05) is 22.0 Å². The van der Waals surface area contributed by atoms with Crippen molar-refractivity contribution in [1.82, 2.24) is 15.0 Å². The van der Waals surface area contributed by atoms with Gasteiger partial charge < -0.3 is 20.7 Å². The molecule has 0 bridgehead atoms. The third kappa shape index (κ3) is 5.48. The number of fused-ring (bicyclic) bond motifs is 3. The number of hydrogen-bond donors (Lipinski definition) is 4. The van der Waals surface area contributed by atoms with Crippen molar-refractivity contribution < 1.29 is 0 Å². The summed E-state index contributed by atoms with van der Waals surface area (Å²) >= 11 is 3.44. The van der Waals surface area contributed by atoms with Gasteiger partial charge in [0.15, 0.2) is 0 Å². The van der Waals surface area contributed by atoms with E-state index in [2.05, 4.69) is 81.1 Å². The topological polar surface area (TPSA) is 97.2 Å². The third-order valence-corrected chi connectivity index (χ3v) is 6.55. The van der Waals surface area contributed by atoms with E-state index in [9.17, 15) is 0 Å². The maximum absolute atomic E-state index is 8.67. The lowest BCUT2D eigenvalue weighted by molar-refractivity contribution is 1.08. The van der Waals surface area contributed by atoms with Gasteiger partial charge in [0, 0.05) is 62.3 Å². The maximum Gasteiger partial charge on any atom is 0.0991 e. The first-order valence-electron chi connectivity index (χ1n) is 11.4. The number of halogens is 1. The lowest BCUT2D eigenvalue weighted by Crippen LogP contribution is -1.95. The first-order valence-corrected chi connectivity index (χ1v) is 12.2. The number of hydrogen-bond acceptors (Lipinski definition) is 2. The molecular formula is C29H28BrN5. The number of rotatable bonds is 1. The van der Waals surface area contributed by atoms with Crippen molar-refractivity contribution in [1.29, 1.82) is 5.26 Å². The zero-order chi connectivity index (χ0) is 24.9. The minimum atomic E-state index is 0.612. The van der Waals surface area contributed by atoms with Crippen molar-refractivity contribution in [2.45, 2.75) is 27.3 Å². The van der Waals surface area contributed by atoms with Crippen LogP contribution in [0.2, 0.25) is 0 Å². The van der Waals surface area contributed by atoms with Crippen LogP contribution < -0.4 is 5.73 Å². The zero-order valence-electron chi connectivity index (χ0n) is 20.0. The van der Waals surface area contributed by atoms with Gasteiger partial charge in [-0.3, -0.25) is 0 Å². The third-order valence-electron chi connectivity index (χ3n) is 6.06. The molecule has 0 unspecified atom stereocenters. The Morgan fingerprint density at radius 1 is 0.714 bits per heavy atom. The molecule has 0 aliphatic rings. The van der Waals surface area contributed by atoms with Gasteiger partial charge in [0.1, 0.15) is 0 Å². The zero-order valence-corrected chi connectivity index (χ0v) is 21.6. The van der Waals surface area contributed by atoms with Crippen molar-refractivity contribution in [3.63, 3.8) is 0 Å². The highest BCUT2D eigenvalue weighted by Crippen LogP contribution is 2.22. The lowest BCUT2D eigenvalue weighted by atomic mass is 10.1. The number of nitrogens with zero attached hydrogens (tertiary/aromatic N) is 1. The minimum Gasteiger partial charge on any atom is -0.361 e. The Morgan fingerprint density at radius 3 is 1.74 bits per heavy atom. The second kappa shape index (κ2) is 10.6. The summed E-state index contributed by atoms with van der Waals surface area (Å²) in [6.07, 6.45) is 5.99. The number of aromatic amines is 3. The van der Waals surface area contributed by atoms with Crippen LogP contribution in [0.25, 0.3) is 32.7 Å². The van der Waals surface area contributed by atoms with Crippen LogP contribution in [0.3, 0.4) is 0 Å². The van der Waals surface area contributed by atoms with Gasteiger partial charge >= 0.3 is 0 Å². The molecule has 5 nitrogen and oxygen atoms in total. The van der Waals surface area contributed by atoms with Crippen LogP contribution in [0.15, 0.2) is 77.7 Å². The number of H-pyrrole nitrogens is 3. The molecule has 6 heteroatoms. The number of nitriles is 1. The van der Waals surface area contributed by atoms with E-state index in [1.807, 2.05) is 49.8 Å².